The summed E-state index contributed by atoms with van der Waals surface area (Å²) in [5, 5.41) is 4.46. The molecule has 29 heavy (non-hydrogen) atoms. The van der Waals surface area contributed by atoms with Crippen LogP contribution in [0, 0.1) is 12.8 Å². The number of rotatable bonds is 4. The maximum Gasteiger partial charge on any atom is 0.224 e. The lowest BCUT2D eigenvalue weighted by Gasteiger charge is -2.42. The smallest absolute Gasteiger partial charge is 0.224 e. The number of hydrogen-bond donors (Lipinski definition) is 1. The van der Waals surface area contributed by atoms with E-state index >= 15 is 0 Å². The molecule has 2 aromatic rings. The van der Waals surface area contributed by atoms with E-state index in [1.54, 1.807) is 0 Å². The number of carbonyl (C=O) groups is 1. The molecule has 1 aliphatic carbocycles. The molecule has 3 aliphatic rings. The summed E-state index contributed by atoms with van der Waals surface area (Å²) in [6, 6.07) is 11.7. The van der Waals surface area contributed by atoms with Crippen LogP contribution in [0.4, 0.5) is 5.82 Å². The van der Waals surface area contributed by atoms with Crippen molar-refractivity contribution in [1.29, 1.82) is 0 Å². The number of para-hydroxylation sites is 1. The van der Waals surface area contributed by atoms with Gasteiger partial charge >= 0.3 is 0 Å². The minimum Gasteiger partial charge on any atom is -0.356 e. The quantitative estimate of drug-likeness (QED) is 0.865. The molecule has 1 N–H and O–H groups in total. The Kier molecular flexibility index (Phi) is 5.17. The van der Waals surface area contributed by atoms with E-state index in [1.807, 2.05) is 0 Å². The molecule has 154 valence electrons. The molecule has 1 atom stereocenters. The molecule has 5 heteroatoms. The monoisotopic (exact) mass is 392 g/mol. The van der Waals surface area contributed by atoms with Crippen LogP contribution in [0.3, 0.4) is 0 Å². The van der Waals surface area contributed by atoms with Crippen LogP contribution in [0.25, 0.3) is 10.9 Å². The van der Waals surface area contributed by atoms with Gasteiger partial charge < -0.3 is 10.2 Å². The summed E-state index contributed by atoms with van der Waals surface area (Å²) < 4.78 is 0. The predicted molar refractivity (Wildman–Crippen MR) is 117 cm³/mol. The molecule has 2 aliphatic heterocycles. The maximum absolute atomic E-state index is 12.5. The van der Waals surface area contributed by atoms with E-state index in [-0.39, 0.29) is 5.92 Å². The normalized spacial score (nSPS) is 24.0. The van der Waals surface area contributed by atoms with Gasteiger partial charge in [-0.2, -0.15) is 0 Å². The van der Waals surface area contributed by atoms with Crippen LogP contribution >= 0.6 is 0 Å². The first-order valence-electron chi connectivity index (χ1n) is 11.3. The maximum atomic E-state index is 12.5. The molecule has 1 saturated carbocycles. The first-order chi connectivity index (χ1) is 14.2. The summed E-state index contributed by atoms with van der Waals surface area (Å²) in [5.41, 5.74) is 2.39. The standard InChI is InChI=1S/C24H32N4O/c1-17-15-23(26-22-7-3-2-6-21(17)22)27-13-10-20(11-14-27)28-12-4-5-18(16-28)24(29)25-19-8-9-19/h2-3,6-7,15,18-20H,4-5,8-14,16H2,1H3,(H,25,29)/t18-/m1/s1. The van der Waals surface area contributed by atoms with Crippen LogP contribution in [-0.4, -0.2) is 54.1 Å². The Bertz CT molecular complexity index is 886. The van der Waals surface area contributed by atoms with Gasteiger partial charge in [-0.15, -0.1) is 0 Å². The fourth-order valence-electron chi connectivity index (χ4n) is 5.05. The average molecular weight is 393 g/mol. The van der Waals surface area contributed by atoms with Gasteiger partial charge in [0.15, 0.2) is 0 Å². The Hall–Kier alpha value is -2.14. The van der Waals surface area contributed by atoms with E-state index in [2.05, 4.69) is 52.4 Å². The van der Waals surface area contributed by atoms with Gasteiger partial charge in [0.25, 0.3) is 0 Å². The first kappa shape index (κ1) is 18.9. The largest absolute Gasteiger partial charge is 0.356 e. The van der Waals surface area contributed by atoms with E-state index in [1.165, 1.54) is 23.8 Å². The van der Waals surface area contributed by atoms with Crippen LogP contribution in [0.15, 0.2) is 30.3 Å². The fourth-order valence-corrected chi connectivity index (χ4v) is 5.05. The van der Waals surface area contributed by atoms with Gasteiger partial charge in [-0.25, -0.2) is 4.98 Å². The third-order valence-corrected chi connectivity index (χ3v) is 6.96. The van der Waals surface area contributed by atoms with Crippen molar-refractivity contribution in [3.63, 3.8) is 0 Å². The van der Waals surface area contributed by atoms with Crippen LogP contribution in [0.2, 0.25) is 0 Å². The van der Waals surface area contributed by atoms with Crippen molar-refractivity contribution in [2.24, 2.45) is 5.92 Å². The molecule has 0 unspecified atom stereocenters. The molecule has 3 heterocycles. The summed E-state index contributed by atoms with van der Waals surface area (Å²) >= 11 is 0. The summed E-state index contributed by atoms with van der Waals surface area (Å²) in [7, 11) is 0. The highest BCUT2D eigenvalue weighted by Crippen LogP contribution is 2.28. The third-order valence-electron chi connectivity index (χ3n) is 6.96. The van der Waals surface area contributed by atoms with Crippen LogP contribution in [-0.2, 0) is 4.79 Å². The second-order valence-corrected chi connectivity index (χ2v) is 9.15. The fraction of sp³-hybridized carbons (Fsp3) is 0.583. The molecule has 2 saturated heterocycles. The lowest BCUT2D eigenvalue weighted by Crippen LogP contribution is -2.51. The number of fused-ring (bicyclic) bond motifs is 1. The molecule has 0 spiro atoms. The molecule has 5 rings (SSSR count). The van der Waals surface area contributed by atoms with E-state index in [9.17, 15) is 4.79 Å². The highest BCUT2D eigenvalue weighted by molar-refractivity contribution is 5.83. The number of likely N-dealkylation sites (tertiary alicyclic amines) is 1. The molecule has 1 aromatic heterocycles. The van der Waals surface area contributed by atoms with Crippen molar-refractivity contribution in [2.75, 3.05) is 31.1 Å². The number of pyridine rings is 1. The predicted octanol–water partition coefficient (Wildman–Crippen LogP) is 3.50. The lowest BCUT2D eigenvalue weighted by molar-refractivity contribution is -0.127. The molecule has 3 fully saturated rings. The molecular formula is C24H32N4O. The zero-order valence-electron chi connectivity index (χ0n) is 17.4. The van der Waals surface area contributed by atoms with E-state index < -0.39 is 0 Å². The van der Waals surface area contributed by atoms with Gasteiger partial charge in [0.05, 0.1) is 11.4 Å². The van der Waals surface area contributed by atoms with Crippen molar-refractivity contribution < 1.29 is 4.79 Å². The zero-order chi connectivity index (χ0) is 19.8. The van der Waals surface area contributed by atoms with Gasteiger partial charge in [0.2, 0.25) is 5.91 Å². The first-order valence-corrected chi connectivity index (χ1v) is 11.3. The molecule has 1 aromatic carbocycles. The van der Waals surface area contributed by atoms with Crippen LogP contribution < -0.4 is 10.2 Å². The highest BCUT2D eigenvalue weighted by Gasteiger charge is 2.34. The van der Waals surface area contributed by atoms with Crippen molar-refractivity contribution in [3.05, 3.63) is 35.9 Å². The number of hydrogen-bond acceptors (Lipinski definition) is 4. The van der Waals surface area contributed by atoms with Crippen molar-refractivity contribution in [2.45, 2.75) is 57.5 Å². The van der Waals surface area contributed by atoms with Crippen molar-refractivity contribution in [3.8, 4) is 0 Å². The number of nitrogens with one attached hydrogen (secondary N) is 1. The second kappa shape index (κ2) is 7.94. The Labute approximate surface area is 173 Å². The minimum absolute atomic E-state index is 0.187. The van der Waals surface area contributed by atoms with Crippen molar-refractivity contribution >= 4 is 22.6 Å². The summed E-state index contributed by atoms with van der Waals surface area (Å²) in [6.07, 6.45) is 6.85. The second-order valence-electron chi connectivity index (χ2n) is 9.15. The number of piperidine rings is 2. The number of aromatic nitrogens is 1. The molecule has 0 radical (unpaired) electrons. The topological polar surface area (TPSA) is 48.5 Å². The number of nitrogens with zero attached hydrogens (tertiary/aromatic N) is 3. The molecular weight excluding hydrogens is 360 g/mol. The molecule has 1 amide bonds. The van der Waals surface area contributed by atoms with Crippen LogP contribution in [0.1, 0.15) is 44.1 Å². The number of benzene rings is 1. The lowest BCUT2D eigenvalue weighted by atomic mass is 9.93. The van der Waals surface area contributed by atoms with Crippen molar-refractivity contribution in [1.82, 2.24) is 15.2 Å². The van der Waals surface area contributed by atoms with Gasteiger partial charge in [0, 0.05) is 37.1 Å². The van der Waals surface area contributed by atoms with Gasteiger partial charge in [-0.05, 0) is 69.7 Å². The van der Waals surface area contributed by atoms with E-state index in [0.717, 1.165) is 63.2 Å². The Morgan fingerprint density at radius 3 is 2.66 bits per heavy atom. The summed E-state index contributed by atoms with van der Waals surface area (Å²) in [5.74, 6) is 1.60. The zero-order valence-corrected chi connectivity index (χ0v) is 17.4. The highest BCUT2D eigenvalue weighted by atomic mass is 16.2. The van der Waals surface area contributed by atoms with E-state index in [4.69, 9.17) is 4.98 Å². The van der Waals surface area contributed by atoms with E-state index in [0.29, 0.717) is 18.0 Å². The summed E-state index contributed by atoms with van der Waals surface area (Å²) in [4.78, 5) is 22.5. The Morgan fingerprint density at radius 1 is 1.07 bits per heavy atom. The minimum atomic E-state index is 0.187. The average Bonchev–Trinajstić information content (AvgIpc) is 3.58. The molecule has 5 nitrogen and oxygen atoms in total. The number of anilines is 1. The summed E-state index contributed by atoms with van der Waals surface area (Å²) in [6.45, 7) is 6.36. The Balaban J connectivity index is 1.20. The SMILES string of the molecule is Cc1cc(N2CCC(N3CCC[C@@H](C(=O)NC4CC4)C3)CC2)nc2ccccc12. The number of amides is 1. The third kappa shape index (κ3) is 4.11. The van der Waals surface area contributed by atoms with Gasteiger partial charge in [-0.3, -0.25) is 9.69 Å². The number of aryl methyl sites for hydroxylation is 1. The Morgan fingerprint density at radius 2 is 1.86 bits per heavy atom. The van der Waals surface area contributed by atoms with Crippen LogP contribution in [0.5, 0.6) is 0 Å². The molecule has 0 bridgehead atoms. The number of carbonyl (C=O) groups excluding carboxylic acids is 1. The van der Waals surface area contributed by atoms with Gasteiger partial charge in [0.1, 0.15) is 5.82 Å². The van der Waals surface area contributed by atoms with Gasteiger partial charge in [-0.1, -0.05) is 18.2 Å².